The van der Waals surface area contributed by atoms with Gasteiger partial charge < -0.3 is 10.1 Å². The predicted molar refractivity (Wildman–Crippen MR) is 67.7 cm³/mol. The van der Waals surface area contributed by atoms with Gasteiger partial charge in [0.2, 0.25) is 0 Å². The van der Waals surface area contributed by atoms with Crippen LogP contribution in [0.5, 0.6) is 5.75 Å². The molecule has 0 spiro atoms. The van der Waals surface area contributed by atoms with E-state index in [-0.39, 0.29) is 11.7 Å². The fourth-order valence-electron chi connectivity index (χ4n) is 2.34. The van der Waals surface area contributed by atoms with Crippen LogP contribution in [0.1, 0.15) is 28.8 Å². The normalized spacial score (nSPS) is 20.0. The zero-order valence-corrected chi connectivity index (χ0v) is 10.5. The van der Waals surface area contributed by atoms with E-state index in [1.54, 1.807) is 7.11 Å². The number of hydrogen-bond acceptors (Lipinski definition) is 3. The number of hydrogen-bond donors (Lipinski definition) is 1. The Morgan fingerprint density at radius 3 is 2.88 bits per heavy atom. The first-order chi connectivity index (χ1) is 8.22. The number of methoxy groups -OCH3 is 1. The number of carbonyl (C=O) groups is 1. The molecule has 1 aromatic rings. The Bertz CT molecular complexity index is 409. The maximum absolute atomic E-state index is 12.3. The highest BCUT2D eigenvalue weighted by Crippen LogP contribution is 2.22. The maximum atomic E-state index is 12.3. The third-order valence-electron chi connectivity index (χ3n) is 3.35. The summed E-state index contributed by atoms with van der Waals surface area (Å²) in [5.41, 5.74) is 1.82. The van der Waals surface area contributed by atoms with Gasteiger partial charge in [0.1, 0.15) is 5.75 Å². The van der Waals surface area contributed by atoms with Gasteiger partial charge in [-0.15, -0.1) is 0 Å². The summed E-state index contributed by atoms with van der Waals surface area (Å²) in [4.78, 5) is 12.3. The van der Waals surface area contributed by atoms with Crippen LogP contribution >= 0.6 is 0 Å². The molecule has 3 heteroatoms. The molecule has 1 aliphatic heterocycles. The maximum Gasteiger partial charge on any atom is 0.167 e. The summed E-state index contributed by atoms with van der Waals surface area (Å²) in [6.45, 7) is 3.81. The number of Topliss-reactive ketones (excluding diaryl/α,β-unsaturated/α-hetero) is 1. The average molecular weight is 233 g/mol. The van der Waals surface area contributed by atoms with Crippen molar-refractivity contribution in [1.82, 2.24) is 5.32 Å². The molecular formula is C14H19NO2. The van der Waals surface area contributed by atoms with Gasteiger partial charge in [-0.3, -0.25) is 4.79 Å². The van der Waals surface area contributed by atoms with Gasteiger partial charge in [0.05, 0.1) is 7.11 Å². The smallest absolute Gasteiger partial charge is 0.167 e. The molecule has 1 aromatic carbocycles. The van der Waals surface area contributed by atoms with Gasteiger partial charge in [-0.25, -0.2) is 0 Å². The molecule has 1 unspecified atom stereocenters. The van der Waals surface area contributed by atoms with Crippen LogP contribution in [0.15, 0.2) is 18.2 Å². The van der Waals surface area contributed by atoms with Crippen LogP contribution in [0.2, 0.25) is 0 Å². The van der Waals surface area contributed by atoms with Crippen LogP contribution in [0.4, 0.5) is 0 Å². The van der Waals surface area contributed by atoms with E-state index in [0.717, 1.165) is 42.8 Å². The highest BCUT2D eigenvalue weighted by molar-refractivity contribution is 5.98. The number of rotatable bonds is 3. The quantitative estimate of drug-likeness (QED) is 0.813. The second-order valence-electron chi connectivity index (χ2n) is 4.59. The molecule has 17 heavy (non-hydrogen) atoms. The summed E-state index contributed by atoms with van der Waals surface area (Å²) in [5.74, 6) is 1.22. The van der Waals surface area contributed by atoms with Crippen molar-refractivity contribution in [2.45, 2.75) is 19.8 Å². The Hall–Kier alpha value is -1.35. The number of ketones is 1. The van der Waals surface area contributed by atoms with Gasteiger partial charge in [-0.05, 0) is 50.1 Å². The fourth-order valence-corrected chi connectivity index (χ4v) is 2.34. The lowest BCUT2D eigenvalue weighted by Gasteiger charge is -2.21. The molecule has 1 aliphatic rings. The molecule has 0 amide bonds. The standard InChI is InChI=1S/C14H19NO2/c1-10-8-11(5-6-13(10)17-2)14(16)12-4-3-7-15-9-12/h5-6,8,12,15H,3-4,7,9H2,1-2H3. The van der Waals surface area contributed by atoms with Crippen molar-refractivity contribution < 1.29 is 9.53 Å². The largest absolute Gasteiger partial charge is 0.496 e. The first kappa shape index (κ1) is 12.1. The van der Waals surface area contributed by atoms with E-state index in [1.807, 2.05) is 25.1 Å². The molecule has 92 valence electrons. The zero-order valence-electron chi connectivity index (χ0n) is 10.5. The molecule has 3 nitrogen and oxygen atoms in total. The SMILES string of the molecule is COc1ccc(C(=O)C2CCCNC2)cc1C. The van der Waals surface area contributed by atoms with Crippen molar-refractivity contribution in [1.29, 1.82) is 0 Å². The second-order valence-corrected chi connectivity index (χ2v) is 4.59. The highest BCUT2D eigenvalue weighted by atomic mass is 16.5. The van der Waals surface area contributed by atoms with E-state index in [9.17, 15) is 4.79 Å². The van der Waals surface area contributed by atoms with Crippen molar-refractivity contribution in [3.8, 4) is 5.75 Å². The molecule has 1 atom stereocenters. The molecule has 1 heterocycles. The number of ether oxygens (including phenoxy) is 1. The molecule has 1 N–H and O–H groups in total. The number of aryl methyl sites for hydroxylation is 1. The minimum absolute atomic E-state index is 0.136. The van der Waals surface area contributed by atoms with Gasteiger partial charge in [0, 0.05) is 18.0 Å². The lowest BCUT2D eigenvalue weighted by molar-refractivity contribution is 0.0899. The summed E-state index contributed by atoms with van der Waals surface area (Å²) in [6, 6.07) is 5.66. The van der Waals surface area contributed by atoms with Crippen LogP contribution in [-0.2, 0) is 0 Å². The van der Waals surface area contributed by atoms with E-state index in [4.69, 9.17) is 4.74 Å². The molecule has 0 aromatic heterocycles. The van der Waals surface area contributed by atoms with Crippen LogP contribution in [0.3, 0.4) is 0 Å². The third kappa shape index (κ3) is 2.67. The molecule has 0 radical (unpaired) electrons. The summed E-state index contributed by atoms with van der Waals surface area (Å²) in [5, 5.41) is 3.28. The topological polar surface area (TPSA) is 38.3 Å². The second kappa shape index (κ2) is 5.32. The van der Waals surface area contributed by atoms with E-state index < -0.39 is 0 Å². The Morgan fingerprint density at radius 1 is 1.47 bits per heavy atom. The Kier molecular flexibility index (Phi) is 3.79. The number of benzene rings is 1. The van der Waals surface area contributed by atoms with Crippen molar-refractivity contribution >= 4 is 5.78 Å². The lowest BCUT2D eigenvalue weighted by Crippen LogP contribution is -2.34. The number of nitrogens with one attached hydrogen (secondary N) is 1. The van der Waals surface area contributed by atoms with Gasteiger partial charge in [0.15, 0.2) is 5.78 Å². The van der Waals surface area contributed by atoms with Crippen molar-refractivity contribution in [2.24, 2.45) is 5.92 Å². The van der Waals surface area contributed by atoms with Gasteiger partial charge in [0.25, 0.3) is 0 Å². The van der Waals surface area contributed by atoms with Crippen molar-refractivity contribution in [3.05, 3.63) is 29.3 Å². The third-order valence-corrected chi connectivity index (χ3v) is 3.35. The fraction of sp³-hybridized carbons (Fsp3) is 0.500. The summed E-state index contributed by atoms with van der Waals surface area (Å²) < 4.78 is 5.20. The molecular weight excluding hydrogens is 214 g/mol. The van der Waals surface area contributed by atoms with E-state index >= 15 is 0 Å². The average Bonchev–Trinajstić information content (AvgIpc) is 2.39. The Morgan fingerprint density at radius 2 is 2.29 bits per heavy atom. The summed E-state index contributed by atoms with van der Waals surface area (Å²) in [7, 11) is 1.65. The lowest BCUT2D eigenvalue weighted by atomic mass is 9.90. The van der Waals surface area contributed by atoms with E-state index in [0.29, 0.717) is 0 Å². The van der Waals surface area contributed by atoms with E-state index in [1.165, 1.54) is 0 Å². The molecule has 1 saturated heterocycles. The highest BCUT2D eigenvalue weighted by Gasteiger charge is 2.22. The minimum Gasteiger partial charge on any atom is -0.496 e. The van der Waals surface area contributed by atoms with Crippen LogP contribution in [-0.4, -0.2) is 26.0 Å². The van der Waals surface area contributed by atoms with Crippen LogP contribution in [0.25, 0.3) is 0 Å². The molecule has 2 rings (SSSR count). The molecule has 0 aliphatic carbocycles. The molecule has 0 saturated carbocycles. The zero-order chi connectivity index (χ0) is 12.3. The predicted octanol–water partition coefficient (Wildman–Crippen LogP) is 2.19. The summed E-state index contributed by atoms with van der Waals surface area (Å²) in [6.07, 6.45) is 2.09. The molecule has 0 bridgehead atoms. The van der Waals surface area contributed by atoms with Gasteiger partial charge in [-0.2, -0.15) is 0 Å². The number of piperidine rings is 1. The first-order valence-electron chi connectivity index (χ1n) is 6.12. The van der Waals surface area contributed by atoms with Gasteiger partial charge >= 0.3 is 0 Å². The monoisotopic (exact) mass is 233 g/mol. The van der Waals surface area contributed by atoms with Gasteiger partial charge in [-0.1, -0.05) is 0 Å². The Balaban J connectivity index is 2.16. The van der Waals surface area contributed by atoms with E-state index in [2.05, 4.69) is 5.32 Å². The van der Waals surface area contributed by atoms with Crippen LogP contribution < -0.4 is 10.1 Å². The van der Waals surface area contributed by atoms with Crippen LogP contribution in [0, 0.1) is 12.8 Å². The summed E-state index contributed by atoms with van der Waals surface area (Å²) >= 11 is 0. The van der Waals surface area contributed by atoms with Crippen molar-refractivity contribution in [3.63, 3.8) is 0 Å². The van der Waals surface area contributed by atoms with Crippen molar-refractivity contribution in [2.75, 3.05) is 20.2 Å². The Labute approximate surface area is 102 Å². The number of carbonyl (C=O) groups excluding carboxylic acids is 1. The minimum atomic E-state index is 0.136. The first-order valence-corrected chi connectivity index (χ1v) is 6.12. The molecule has 1 fully saturated rings.